The molecule has 0 saturated carbocycles. The maximum Gasteiger partial charge on any atom is 0.144 e. The molecule has 0 bridgehead atoms. The molecule has 0 aliphatic rings. The van der Waals surface area contributed by atoms with Crippen molar-refractivity contribution in [3.8, 4) is 5.75 Å². The highest BCUT2D eigenvalue weighted by Gasteiger charge is 2.04. The Morgan fingerprint density at radius 1 is 1.47 bits per heavy atom. The van der Waals surface area contributed by atoms with Gasteiger partial charge in [-0.15, -0.1) is 0 Å². The summed E-state index contributed by atoms with van der Waals surface area (Å²) in [5.41, 5.74) is 7.47. The maximum absolute atomic E-state index is 10.9. The Labute approximate surface area is 105 Å². The predicted molar refractivity (Wildman–Crippen MR) is 74.1 cm³/mol. The number of para-hydroxylation sites is 1. The minimum atomic E-state index is -0.732. The molecule has 0 spiro atoms. The van der Waals surface area contributed by atoms with E-state index in [9.17, 15) is 4.21 Å². The second-order valence-corrected chi connectivity index (χ2v) is 5.26. The maximum atomic E-state index is 10.9. The fourth-order valence-corrected chi connectivity index (χ4v) is 2.03. The van der Waals surface area contributed by atoms with Gasteiger partial charge in [-0.3, -0.25) is 4.21 Å². The molecule has 0 aliphatic carbocycles. The quantitative estimate of drug-likeness (QED) is 0.577. The van der Waals surface area contributed by atoms with Gasteiger partial charge in [-0.2, -0.15) is 0 Å². The van der Waals surface area contributed by atoms with Crippen molar-refractivity contribution < 1.29 is 8.95 Å². The number of hydrogen-bond donors (Lipinski definition) is 2. The van der Waals surface area contributed by atoms with E-state index < -0.39 is 10.8 Å². The second-order valence-electron chi connectivity index (χ2n) is 3.71. The number of nitrogens with one attached hydrogen (secondary N) is 1. The van der Waals surface area contributed by atoms with E-state index in [1.54, 1.807) is 6.26 Å². The van der Waals surface area contributed by atoms with Crippen molar-refractivity contribution in [1.29, 1.82) is 0 Å². The van der Waals surface area contributed by atoms with Crippen LogP contribution in [0.3, 0.4) is 0 Å². The summed E-state index contributed by atoms with van der Waals surface area (Å²) >= 11 is 0. The summed E-state index contributed by atoms with van der Waals surface area (Å²) in [6, 6.07) is 5.67. The third-order valence-electron chi connectivity index (χ3n) is 2.29. The zero-order valence-corrected chi connectivity index (χ0v) is 11.2. The first-order valence-corrected chi connectivity index (χ1v) is 7.43. The summed E-state index contributed by atoms with van der Waals surface area (Å²) in [7, 11) is -0.732. The highest BCUT2D eigenvalue weighted by atomic mass is 32.2. The molecule has 0 aliphatic heterocycles. The van der Waals surface area contributed by atoms with Crippen LogP contribution < -0.4 is 15.8 Å². The fourth-order valence-electron chi connectivity index (χ4n) is 1.48. The first kappa shape index (κ1) is 13.8. The van der Waals surface area contributed by atoms with Gasteiger partial charge in [-0.1, -0.05) is 6.07 Å². The summed E-state index contributed by atoms with van der Waals surface area (Å²) in [4.78, 5) is 0. The van der Waals surface area contributed by atoms with Crippen LogP contribution in [0, 0.1) is 0 Å². The monoisotopic (exact) mass is 256 g/mol. The van der Waals surface area contributed by atoms with Crippen LogP contribution in [-0.4, -0.2) is 29.4 Å². The first-order chi connectivity index (χ1) is 8.15. The highest BCUT2D eigenvalue weighted by molar-refractivity contribution is 7.84. The number of hydrogen-bond acceptors (Lipinski definition) is 4. The lowest BCUT2D eigenvalue weighted by atomic mass is 10.2. The molecule has 5 heteroatoms. The van der Waals surface area contributed by atoms with Gasteiger partial charge >= 0.3 is 0 Å². The number of ether oxygens (including phenoxy) is 1. The van der Waals surface area contributed by atoms with Gasteiger partial charge in [0.05, 0.1) is 18.0 Å². The first-order valence-electron chi connectivity index (χ1n) is 5.70. The molecule has 0 amide bonds. The molecule has 1 aromatic rings. The Hall–Kier alpha value is -1.23. The Balaban J connectivity index is 2.53. The molecule has 1 unspecified atom stereocenters. The zero-order valence-electron chi connectivity index (χ0n) is 10.4. The SMILES string of the molecule is CCOc1cccc(NCCCS(C)=O)c1N. The minimum Gasteiger partial charge on any atom is -0.492 e. The van der Waals surface area contributed by atoms with Crippen molar-refractivity contribution in [1.82, 2.24) is 0 Å². The van der Waals surface area contributed by atoms with E-state index in [1.807, 2.05) is 25.1 Å². The molecular weight excluding hydrogens is 236 g/mol. The molecule has 0 aromatic heterocycles. The smallest absolute Gasteiger partial charge is 0.144 e. The Morgan fingerprint density at radius 3 is 2.88 bits per heavy atom. The Kier molecular flexibility index (Phi) is 5.83. The van der Waals surface area contributed by atoms with Crippen LogP contribution in [0.2, 0.25) is 0 Å². The van der Waals surface area contributed by atoms with Crippen molar-refractivity contribution in [2.24, 2.45) is 0 Å². The summed E-state index contributed by atoms with van der Waals surface area (Å²) < 4.78 is 16.3. The van der Waals surface area contributed by atoms with Crippen LogP contribution in [0.4, 0.5) is 11.4 Å². The van der Waals surface area contributed by atoms with Crippen molar-refractivity contribution in [3.05, 3.63) is 18.2 Å². The molecule has 0 saturated heterocycles. The van der Waals surface area contributed by atoms with Gasteiger partial charge < -0.3 is 15.8 Å². The van der Waals surface area contributed by atoms with Gasteiger partial charge in [-0.05, 0) is 25.5 Å². The van der Waals surface area contributed by atoms with Crippen molar-refractivity contribution in [2.75, 3.05) is 36.2 Å². The molecular formula is C12H20N2O2S. The topological polar surface area (TPSA) is 64.3 Å². The summed E-state index contributed by atoms with van der Waals surface area (Å²) in [5.74, 6) is 1.41. The highest BCUT2D eigenvalue weighted by Crippen LogP contribution is 2.29. The van der Waals surface area contributed by atoms with E-state index in [-0.39, 0.29) is 0 Å². The molecule has 1 atom stereocenters. The Morgan fingerprint density at radius 2 is 2.24 bits per heavy atom. The molecule has 0 fully saturated rings. The van der Waals surface area contributed by atoms with Crippen molar-refractivity contribution in [3.63, 3.8) is 0 Å². The van der Waals surface area contributed by atoms with Crippen molar-refractivity contribution >= 4 is 22.2 Å². The van der Waals surface area contributed by atoms with Crippen LogP contribution in [0.15, 0.2) is 18.2 Å². The van der Waals surface area contributed by atoms with Crippen LogP contribution in [0.25, 0.3) is 0 Å². The van der Waals surface area contributed by atoms with E-state index in [4.69, 9.17) is 10.5 Å². The fraction of sp³-hybridized carbons (Fsp3) is 0.500. The van der Waals surface area contributed by atoms with Gasteiger partial charge in [0.15, 0.2) is 0 Å². The minimum absolute atomic E-state index is 0.600. The molecule has 17 heavy (non-hydrogen) atoms. The van der Waals surface area contributed by atoms with E-state index in [0.717, 1.165) is 18.7 Å². The number of nitrogen functional groups attached to an aromatic ring is 1. The van der Waals surface area contributed by atoms with Crippen LogP contribution in [0.5, 0.6) is 5.75 Å². The van der Waals surface area contributed by atoms with E-state index >= 15 is 0 Å². The molecule has 0 radical (unpaired) electrons. The summed E-state index contributed by atoms with van der Waals surface area (Å²) in [6.07, 6.45) is 2.57. The number of nitrogens with two attached hydrogens (primary N) is 1. The molecule has 96 valence electrons. The molecule has 0 heterocycles. The van der Waals surface area contributed by atoms with Gasteiger partial charge in [0.1, 0.15) is 5.75 Å². The molecule has 1 aromatic carbocycles. The van der Waals surface area contributed by atoms with Crippen molar-refractivity contribution in [2.45, 2.75) is 13.3 Å². The largest absolute Gasteiger partial charge is 0.492 e. The third kappa shape index (κ3) is 4.65. The average molecular weight is 256 g/mol. The van der Waals surface area contributed by atoms with Gasteiger partial charge in [0, 0.05) is 29.4 Å². The summed E-state index contributed by atoms with van der Waals surface area (Å²) in [5, 5.41) is 3.23. The third-order valence-corrected chi connectivity index (χ3v) is 3.15. The predicted octanol–water partition coefficient (Wildman–Crippen LogP) is 1.85. The van der Waals surface area contributed by atoms with Gasteiger partial charge in [0.2, 0.25) is 0 Å². The van der Waals surface area contributed by atoms with Crippen LogP contribution in [-0.2, 0) is 10.8 Å². The van der Waals surface area contributed by atoms with Gasteiger partial charge in [-0.25, -0.2) is 0 Å². The Bertz CT molecular complexity index is 383. The lowest BCUT2D eigenvalue weighted by Crippen LogP contribution is -2.08. The average Bonchev–Trinajstić information content (AvgIpc) is 2.29. The van der Waals surface area contributed by atoms with Crippen LogP contribution in [0.1, 0.15) is 13.3 Å². The second kappa shape index (κ2) is 7.17. The van der Waals surface area contributed by atoms with Gasteiger partial charge in [0.25, 0.3) is 0 Å². The number of benzene rings is 1. The normalized spacial score (nSPS) is 12.1. The number of rotatable bonds is 7. The molecule has 3 N–H and O–H groups in total. The van der Waals surface area contributed by atoms with E-state index in [0.29, 0.717) is 23.8 Å². The standard InChI is InChI=1S/C12H20N2O2S/c1-3-16-11-7-4-6-10(12(11)13)14-8-5-9-17(2)15/h4,6-7,14H,3,5,8-9,13H2,1-2H3. The lowest BCUT2D eigenvalue weighted by molar-refractivity contribution is 0.342. The lowest BCUT2D eigenvalue weighted by Gasteiger charge is -2.12. The number of anilines is 2. The molecule has 4 nitrogen and oxygen atoms in total. The van der Waals surface area contributed by atoms with Crippen LogP contribution >= 0.6 is 0 Å². The molecule has 1 rings (SSSR count). The zero-order chi connectivity index (χ0) is 12.7. The van der Waals surface area contributed by atoms with E-state index in [2.05, 4.69) is 5.32 Å². The van der Waals surface area contributed by atoms with E-state index in [1.165, 1.54) is 0 Å². The summed E-state index contributed by atoms with van der Waals surface area (Å²) in [6.45, 7) is 3.29.